The minimum atomic E-state index is 0.758. The van der Waals surface area contributed by atoms with Crippen molar-refractivity contribution in [2.75, 3.05) is 32.7 Å². The van der Waals surface area contributed by atoms with Crippen molar-refractivity contribution in [1.29, 1.82) is 0 Å². The van der Waals surface area contributed by atoms with Gasteiger partial charge in [0.1, 0.15) is 0 Å². The summed E-state index contributed by atoms with van der Waals surface area (Å²) in [7, 11) is 0. The Hall–Kier alpha value is -0.870. The van der Waals surface area contributed by atoms with E-state index in [4.69, 9.17) is 0 Å². The molecule has 1 aliphatic heterocycles. The first-order chi connectivity index (χ1) is 9.24. The van der Waals surface area contributed by atoms with Crippen LogP contribution < -0.4 is 5.32 Å². The quantitative estimate of drug-likeness (QED) is 0.816. The number of nitrogens with one attached hydrogen (secondary N) is 1. The van der Waals surface area contributed by atoms with Crippen molar-refractivity contribution in [1.82, 2.24) is 20.0 Å². The molecule has 1 fully saturated rings. The van der Waals surface area contributed by atoms with Crippen LogP contribution in [0.4, 0.5) is 0 Å². The van der Waals surface area contributed by atoms with Gasteiger partial charge in [0.2, 0.25) is 0 Å². The molecule has 1 saturated heterocycles. The van der Waals surface area contributed by atoms with Crippen molar-refractivity contribution in [3.05, 3.63) is 18.5 Å². The van der Waals surface area contributed by atoms with Crippen LogP contribution in [0.2, 0.25) is 0 Å². The van der Waals surface area contributed by atoms with Crippen LogP contribution in [0.1, 0.15) is 26.7 Å². The van der Waals surface area contributed by atoms with E-state index in [9.17, 15) is 0 Å². The summed E-state index contributed by atoms with van der Waals surface area (Å²) >= 11 is 0. The van der Waals surface area contributed by atoms with Gasteiger partial charge < -0.3 is 10.2 Å². The topological polar surface area (TPSA) is 33.1 Å². The molecule has 4 heteroatoms. The van der Waals surface area contributed by atoms with Crippen LogP contribution in [0.25, 0.3) is 0 Å². The fraction of sp³-hybridized carbons (Fsp3) is 0.800. The third-order valence-electron chi connectivity index (χ3n) is 3.90. The molecule has 4 nitrogen and oxygen atoms in total. The van der Waals surface area contributed by atoms with Crippen molar-refractivity contribution < 1.29 is 0 Å². The molecule has 0 saturated carbocycles. The maximum Gasteiger partial charge on any atom is 0.0536 e. The molecule has 2 rings (SSSR count). The van der Waals surface area contributed by atoms with Crippen molar-refractivity contribution in [2.45, 2.75) is 33.2 Å². The van der Waals surface area contributed by atoms with Crippen LogP contribution >= 0.6 is 0 Å². The Labute approximate surface area is 117 Å². The summed E-state index contributed by atoms with van der Waals surface area (Å²) in [4.78, 5) is 2.57. The van der Waals surface area contributed by atoms with Gasteiger partial charge in [-0.25, -0.2) is 0 Å². The van der Waals surface area contributed by atoms with E-state index in [1.54, 1.807) is 0 Å². The molecule has 0 bridgehead atoms. The van der Waals surface area contributed by atoms with E-state index in [0.717, 1.165) is 31.5 Å². The molecular weight excluding hydrogens is 236 g/mol. The monoisotopic (exact) mass is 264 g/mol. The number of aromatic nitrogens is 2. The molecule has 0 aromatic carbocycles. The second kappa shape index (κ2) is 7.65. The summed E-state index contributed by atoms with van der Waals surface area (Å²) in [5, 5.41) is 7.84. The molecule has 1 aromatic rings. The van der Waals surface area contributed by atoms with Gasteiger partial charge in [-0.2, -0.15) is 5.10 Å². The van der Waals surface area contributed by atoms with Crippen molar-refractivity contribution in [3.8, 4) is 0 Å². The average molecular weight is 264 g/mol. The molecular formula is C15H28N4. The van der Waals surface area contributed by atoms with Crippen LogP contribution in [0, 0.1) is 11.8 Å². The molecule has 0 unspecified atom stereocenters. The molecule has 1 N–H and O–H groups in total. The van der Waals surface area contributed by atoms with Gasteiger partial charge in [-0.1, -0.05) is 13.8 Å². The number of piperidine rings is 1. The first kappa shape index (κ1) is 14.5. The fourth-order valence-electron chi connectivity index (χ4n) is 2.67. The van der Waals surface area contributed by atoms with Gasteiger partial charge in [0.05, 0.1) is 6.54 Å². The third-order valence-corrected chi connectivity index (χ3v) is 3.90. The predicted molar refractivity (Wildman–Crippen MR) is 79.1 cm³/mol. The van der Waals surface area contributed by atoms with Crippen LogP contribution in [-0.4, -0.2) is 47.4 Å². The minimum absolute atomic E-state index is 0.758. The van der Waals surface area contributed by atoms with Gasteiger partial charge in [0.25, 0.3) is 0 Å². The molecule has 0 spiro atoms. The molecule has 0 radical (unpaired) electrons. The Bertz CT molecular complexity index is 326. The largest absolute Gasteiger partial charge is 0.316 e. The second-order valence-corrected chi connectivity index (χ2v) is 6.11. The van der Waals surface area contributed by atoms with Gasteiger partial charge >= 0.3 is 0 Å². The Morgan fingerprint density at radius 1 is 1.26 bits per heavy atom. The zero-order valence-electron chi connectivity index (χ0n) is 12.4. The van der Waals surface area contributed by atoms with Crippen molar-refractivity contribution >= 4 is 0 Å². The van der Waals surface area contributed by atoms with E-state index in [1.807, 2.05) is 23.1 Å². The van der Waals surface area contributed by atoms with Gasteiger partial charge in [-0.05, 0) is 56.9 Å². The second-order valence-electron chi connectivity index (χ2n) is 6.11. The van der Waals surface area contributed by atoms with E-state index < -0.39 is 0 Å². The normalized spacial score (nSPS) is 18.3. The Morgan fingerprint density at radius 2 is 2.05 bits per heavy atom. The summed E-state index contributed by atoms with van der Waals surface area (Å²) < 4.78 is 2.02. The molecule has 1 aromatic heterocycles. The highest BCUT2D eigenvalue weighted by atomic mass is 15.3. The summed E-state index contributed by atoms with van der Waals surface area (Å²) in [6, 6.07) is 1.99. The van der Waals surface area contributed by atoms with Crippen LogP contribution in [0.5, 0.6) is 0 Å². The molecule has 0 atom stereocenters. The average Bonchev–Trinajstić information content (AvgIpc) is 2.90. The first-order valence-corrected chi connectivity index (χ1v) is 7.64. The number of hydrogen-bond acceptors (Lipinski definition) is 3. The number of rotatable bonds is 7. The van der Waals surface area contributed by atoms with Crippen LogP contribution in [0.15, 0.2) is 18.5 Å². The van der Waals surface area contributed by atoms with Gasteiger partial charge in [-0.15, -0.1) is 0 Å². The summed E-state index contributed by atoms with van der Waals surface area (Å²) in [6.07, 6.45) is 6.57. The maximum absolute atomic E-state index is 4.25. The molecule has 1 aliphatic rings. The fourth-order valence-corrected chi connectivity index (χ4v) is 2.67. The predicted octanol–water partition coefficient (Wildman–Crippen LogP) is 1.84. The highest BCUT2D eigenvalue weighted by Crippen LogP contribution is 2.16. The molecule has 0 aliphatic carbocycles. The summed E-state index contributed by atoms with van der Waals surface area (Å²) in [5.74, 6) is 1.63. The zero-order chi connectivity index (χ0) is 13.5. The van der Waals surface area contributed by atoms with Crippen LogP contribution in [-0.2, 0) is 6.54 Å². The Morgan fingerprint density at radius 3 is 2.68 bits per heavy atom. The smallest absolute Gasteiger partial charge is 0.0536 e. The van der Waals surface area contributed by atoms with Gasteiger partial charge in [-0.3, -0.25) is 4.68 Å². The molecule has 0 amide bonds. The van der Waals surface area contributed by atoms with E-state index in [2.05, 4.69) is 29.2 Å². The summed E-state index contributed by atoms with van der Waals surface area (Å²) in [5.41, 5.74) is 0. The molecule has 2 heterocycles. The van der Waals surface area contributed by atoms with Gasteiger partial charge in [0, 0.05) is 18.9 Å². The lowest BCUT2D eigenvalue weighted by molar-refractivity contribution is 0.174. The summed E-state index contributed by atoms with van der Waals surface area (Å²) in [6.45, 7) is 11.5. The first-order valence-electron chi connectivity index (χ1n) is 7.64. The minimum Gasteiger partial charge on any atom is -0.316 e. The van der Waals surface area contributed by atoms with Crippen molar-refractivity contribution in [3.63, 3.8) is 0 Å². The number of likely N-dealkylation sites (tertiary alicyclic amines) is 1. The van der Waals surface area contributed by atoms with Gasteiger partial charge in [0.15, 0.2) is 0 Å². The van der Waals surface area contributed by atoms with E-state index in [1.165, 1.54) is 32.5 Å². The van der Waals surface area contributed by atoms with E-state index >= 15 is 0 Å². The lowest BCUT2D eigenvalue weighted by Gasteiger charge is -2.32. The Kier molecular flexibility index (Phi) is 5.86. The highest BCUT2D eigenvalue weighted by Gasteiger charge is 2.18. The van der Waals surface area contributed by atoms with E-state index in [-0.39, 0.29) is 0 Å². The molecule has 108 valence electrons. The third kappa shape index (κ3) is 5.33. The van der Waals surface area contributed by atoms with Crippen molar-refractivity contribution in [2.24, 2.45) is 11.8 Å². The Balaban J connectivity index is 1.57. The van der Waals surface area contributed by atoms with Crippen LogP contribution in [0.3, 0.4) is 0 Å². The number of hydrogen-bond donors (Lipinski definition) is 1. The lowest BCUT2D eigenvalue weighted by atomic mass is 9.96. The number of nitrogens with zero attached hydrogens (tertiary/aromatic N) is 3. The van der Waals surface area contributed by atoms with E-state index in [0.29, 0.717) is 0 Å². The highest BCUT2D eigenvalue weighted by molar-refractivity contribution is 4.79. The zero-order valence-corrected chi connectivity index (χ0v) is 12.4. The lowest BCUT2D eigenvalue weighted by Crippen LogP contribution is -2.39. The maximum atomic E-state index is 4.25. The standard InChI is InChI=1S/C15H28N4/c1-14(2)12-16-13-15-4-8-18(9-5-15)10-11-19-7-3-6-17-19/h3,6-7,14-16H,4-5,8-13H2,1-2H3. The molecule has 19 heavy (non-hydrogen) atoms. The SMILES string of the molecule is CC(C)CNCC1CCN(CCn2cccn2)CC1.